The predicted octanol–water partition coefficient (Wildman–Crippen LogP) is 2.81. The third kappa shape index (κ3) is 2.65. The molecule has 0 spiro atoms. The second-order valence-electron chi connectivity index (χ2n) is 3.19. The third-order valence-electron chi connectivity index (χ3n) is 2.00. The van der Waals surface area contributed by atoms with Crippen LogP contribution in [0.25, 0.3) is 0 Å². The number of carbonyl (C=O) groups is 1. The fourth-order valence-corrected chi connectivity index (χ4v) is 1.75. The number of thiazole rings is 1. The van der Waals surface area contributed by atoms with Crippen molar-refractivity contribution in [3.8, 4) is 5.75 Å². The lowest BCUT2D eigenvalue weighted by Gasteiger charge is -2.07. The van der Waals surface area contributed by atoms with E-state index in [1.54, 1.807) is 11.7 Å². The molecule has 0 bridgehead atoms. The molecule has 1 aromatic carbocycles. The molecule has 0 aliphatic carbocycles. The summed E-state index contributed by atoms with van der Waals surface area (Å²) in [6.07, 6.45) is 1.93. The Balaban J connectivity index is 2.18. The van der Waals surface area contributed by atoms with Crippen LogP contribution in [-0.2, 0) is 6.61 Å². The van der Waals surface area contributed by atoms with Gasteiger partial charge in [-0.1, -0.05) is 0 Å². The average Bonchev–Trinajstić information content (AvgIpc) is 2.80. The van der Waals surface area contributed by atoms with Crippen LogP contribution in [-0.4, -0.2) is 11.3 Å². The maximum absolute atomic E-state index is 13.4. The van der Waals surface area contributed by atoms with E-state index in [0.717, 1.165) is 17.0 Å². The van der Waals surface area contributed by atoms with Crippen LogP contribution in [0.1, 0.15) is 15.2 Å². The molecule has 0 saturated carbocycles. The van der Waals surface area contributed by atoms with E-state index in [-0.39, 0.29) is 12.2 Å². The number of hydrogen-bond donors (Lipinski definition) is 0. The van der Waals surface area contributed by atoms with E-state index in [1.807, 2.05) is 0 Å². The average molecular weight is 255 g/mol. The fraction of sp³-hybridized carbons (Fsp3) is 0.0909. The van der Waals surface area contributed by atoms with Crippen molar-refractivity contribution in [3.05, 3.63) is 45.9 Å². The molecule has 0 radical (unpaired) electrons. The summed E-state index contributed by atoms with van der Waals surface area (Å²) < 4.78 is 31.8. The summed E-state index contributed by atoms with van der Waals surface area (Å²) >= 11 is 1.32. The SMILES string of the molecule is O=Cc1cc(F)c(OCc2cncs2)c(F)c1. The maximum Gasteiger partial charge on any atom is 0.191 e. The predicted molar refractivity (Wildman–Crippen MR) is 58.2 cm³/mol. The van der Waals surface area contributed by atoms with Gasteiger partial charge in [0.2, 0.25) is 0 Å². The summed E-state index contributed by atoms with van der Waals surface area (Å²) in [5.41, 5.74) is 1.53. The molecule has 0 N–H and O–H groups in total. The van der Waals surface area contributed by atoms with Gasteiger partial charge in [-0.25, -0.2) is 8.78 Å². The first-order chi connectivity index (χ1) is 8.20. The van der Waals surface area contributed by atoms with Gasteiger partial charge in [0, 0.05) is 11.8 Å². The Bertz CT molecular complexity index is 505. The molecule has 0 unspecified atom stereocenters. The smallest absolute Gasteiger partial charge is 0.191 e. The number of ether oxygens (including phenoxy) is 1. The Kier molecular flexibility index (Phi) is 3.43. The lowest BCUT2D eigenvalue weighted by Crippen LogP contribution is -1.99. The Hall–Kier alpha value is -1.82. The fourth-order valence-electron chi connectivity index (χ4n) is 1.24. The van der Waals surface area contributed by atoms with Crippen LogP contribution < -0.4 is 4.74 Å². The normalized spacial score (nSPS) is 10.2. The van der Waals surface area contributed by atoms with E-state index < -0.39 is 17.4 Å². The zero-order valence-electron chi connectivity index (χ0n) is 8.52. The second kappa shape index (κ2) is 5.01. The molecular formula is C11H7F2NO2S. The Morgan fingerprint density at radius 2 is 2.06 bits per heavy atom. The molecular weight excluding hydrogens is 248 g/mol. The van der Waals surface area contributed by atoms with Gasteiger partial charge < -0.3 is 4.74 Å². The topological polar surface area (TPSA) is 39.2 Å². The van der Waals surface area contributed by atoms with Crippen molar-refractivity contribution in [3.63, 3.8) is 0 Å². The molecule has 88 valence electrons. The highest BCUT2D eigenvalue weighted by Crippen LogP contribution is 2.24. The molecule has 6 heteroatoms. The van der Waals surface area contributed by atoms with Gasteiger partial charge >= 0.3 is 0 Å². The largest absolute Gasteiger partial charge is 0.482 e. The highest BCUT2D eigenvalue weighted by molar-refractivity contribution is 7.09. The van der Waals surface area contributed by atoms with Crippen molar-refractivity contribution in [2.24, 2.45) is 0 Å². The van der Waals surface area contributed by atoms with Crippen LogP contribution in [0.3, 0.4) is 0 Å². The standard InChI is InChI=1S/C11H7F2NO2S/c12-9-1-7(4-15)2-10(13)11(9)16-5-8-3-14-6-17-8/h1-4,6H,5H2. The third-order valence-corrected chi connectivity index (χ3v) is 2.75. The molecule has 0 amide bonds. The summed E-state index contributed by atoms with van der Waals surface area (Å²) in [4.78, 5) is 15.0. The molecule has 0 aliphatic heterocycles. The summed E-state index contributed by atoms with van der Waals surface area (Å²) in [7, 11) is 0. The minimum atomic E-state index is -0.892. The number of aldehydes is 1. The Morgan fingerprint density at radius 3 is 2.59 bits per heavy atom. The molecule has 2 rings (SSSR count). The summed E-state index contributed by atoms with van der Waals surface area (Å²) in [5, 5.41) is 0. The van der Waals surface area contributed by atoms with Gasteiger partial charge in [0.05, 0.1) is 10.4 Å². The molecule has 0 fully saturated rings. The van der Waals surface area contributed by atoms with Crippen molar-refractivity contribution in [2.45, 2.75) is 6.61 Å². The highest BCUT2D eigenvalue weighted by Gasteiger charge is 2.12. The van der Waals surface area contributed by atoms with Crippen LogP contribution >= 0.6 is 11.3 Å². The van der Waals surface area contributed by atoms with Gasteiger partial charge in [-0.3, -0.25) is 9.78 Å². The Morgan fingerprint density at radius 1 is 1.35 bits per heavy atom. The summed E-state index contributed by atoms with van der Waals surface area (Å²) in [5.74, 6) is -2.27. The monoisotopic (exact) mass is 255 g/mol. The number of rotatable bonds is 4. The van der Waals surface area contributed by atoms with Crippen LogP contribution in [0.2, 0.25) is 0 Å². The molecule has 0 aliphatic rings. The van der Waals surface area contributed by atoms with Crippen molar-refractivity contribution in [1.82, 2.24) is 4.98 Å². The van der Waals surface area contributed by atoms with E-state index in [1.165, 1.54) is 11.3 Å². The molecule has 3 nitrogen and oxygen atoms in total. The lowest BCUT2D eigenvalue weighted by molar-refractivity contribution is 0.112. The molecule has 2 aromatic rings. The lowest BCUT2D eigenvalue weighted by atomic mass is 10.2. The first-order valence-corrected chi connectivity index (χ1v) is 5.53. The number of aromatic nitrogens is 1. The van der Waals surface area contributed by atoms with Gasteiger partial charge in [-0.05, 0) is 12.1 Å². The molecule has 1 aromatic heterocycles. The van der Waals surface area contributed by atoms with Gasteiger partial charge in [-0.2, -0.15) is 0 Å². The number of hydrogen-bond acceptors (Lipinski definition) is 4. The van der Waals surface area contributed by atoms with E-state index in [2.05, 4.69) is 4.98 Å². The minimum absolute atomic E-state index is 0.0406. The number of nitrogens with zero attached hydrogens (tertiary/aromatic N) is 1. The zero-order chi connectivity index (χ0) is 12.3. The van der Waals surface area contributed by atoms with Gasteiger partial charge in [-0.15, -0.1) is 11.3 Å². The number of benzene rings is 1. The van der Waals surface area contributed by atoms with E-state index in [0.29, 0.717) is 6.29 Å². The quantitative estimate of drug-likeness (QED) is 0.788. The first-order valence-electron chi connectivity index (χ1n) is 4.65. The first kappa shape index (κ1) is 11.7. The highest BCUT2D eigenvalue weighted by atomic mass is 32.1. The van der Waals surface area contributed by atoms with Crippen molar-refractivity contribution in [2.75, 3.05) is 0 Å². The van der Waals surface area contributed by atoms with Crippen LogP contribution in [0.15, 0.2) is 23.8 Å². The van der Waals surface area contributed by atoms with E-state index >= 15 is 0 Å². The van der Waals surface area contributed by atoms with Gasteiger partial charge in [0.15, 0.2) is 17.4 Å². The Labute approximate surface area is 99.7 Å². The van der Waals surface area contributed by atoms with Crippen molar-refractivity contribution >= 4 is 17.6 Å². The number of halogens is 2. The summed E-state index contributed by atoms with van der Waals surface area (Å²) in [6.45, 7) is 0.0406. The van der Waals surface area contributed by atoms with Crippen molar-refractivity contribution < 1.29 is 18.3 Å². The van der Waals surface area contributed by atoms with Crippen LogP contribution in [0.5, 0.6) is 5.75 Å². The maximum atomic E-state index is 13.4. The molecule has 0 atom stereocenters. The molecule has 1 heterocycles. The molecule has 0 saturated heterocycles. The van der Waals surface area contributed by atoms with Gasteiger partial charge in [0.1, 0.15) is 12.9 Å². The van der Waals surface area contributed by atoms with Crippen LogP contribution in [0.4, 0.5) is 8.78 Å². The zero-order valence-corrected chi connectivity index (χ0v) is 9.34. The van der Waals surface area contributed by atoms with E-state index in [4.69, 9.17) is 4.74 Å². The van der Waals surface area contributed by atoms with Crippen molar-refractivity contribution in [1.29, 1.82) is 0 Å². The van der Waals surface area contributed by atoms with Gasteiger partial charge in [0.25, 0.3) is 0 Å². The number of carbonyl (C=O) groups excluding carboxylic acids is 1. The minimum Gasteiger partial charge on any atom is -0.482 e. The molecule has 17 heavy (non-hydrogen) atoms. The summed E-state index contributed by atoms with van der Waals surface area (Å²) in [6, 6.07) is 1.86. The van der Waals surface area contributed by atoms with E-state index in [9.17, 15) is 13.6 Å². The second-order valence-corrected chi connectivity index (χ2v) is 4.16. The van der Waals surface area contributed by atoms with Crippen LogP contribution in [0, 0.1) is 11.6 Å².